The number of rotatable bonds is 3. The Balaban J connectivity index is 2.24. The van der Waals surface area contributed by atoms with Crippen LogP contribution in [0.15, 0.2) is 18.2 Å². The van der Waals surface area contributed by atoms with Crippen LogP contribution >= 0.6 is 0 Å². The van der Waals surface area contributed by atoms with E-state index in [4.69, 9.17) is 0 Å². The van der Waals surface area contributed by atoms with Crippen LogP contribution in [0.5, 0.6) is 0 Å². The summed E-state index contributed by atoms with van der Waals surface area (Å²) < 4.78 is 0. The maximum atomic E-state index is 3.57. The van der Waals surface area contributed by atoms with Crippen molar-refractivity contribution in [1.29, 1.82) is 0 Å². The predicted molar refractivity (Wildman–Crippen MR) is 68.6 cm³/mol. The molecule has 0 aromatic heterocycles. The lowest BCUT2D eigenvalue weighted by Crippen LogP contribution is -2.29. The Labute approximate surface area is 98.7 Å². The third kappa shape index (κ3) is 2.45. The molecule has 1 aliphatic heterocycles. The SMILES string of the molecule is CCC1NCCc2cc(CN(C)C)ccc21. The second-order valence-electron chi connectivity index (χ2n) is 4.94. The van der Waals surface area contributed by atoms with E-state index in [9.17, 15) is 0 Å². The van der Waals surface area contributed by atoms with Crippen LogP contribution in [-0.2, 0) is 13.0 Å². The van der Waals surface area contributed by atoms with Gasteiger partial charge in [0.25, 0.3) is 0 Å². The summed E-state index contributed by atoms with van der Waals surface area (Å²) in [4.78, 5) is 2.22. The molecule has 1 aromatic rings. The van der Waals surface area contributed by atoms with Gasteiger partial charge in [-0.3, -0.25) is 0 Å². The Hall–Kier alpha value is -0.860. The van der Waals surface area contributed by atoms with Crippen molar-refractivity contribution in [3.05, 3.63) is 34.9 Å². The van der Waals surface area contributed by atoms with Gasteiger partial charge < -0.3 is 10.2 Å². The maximum absolute atomic E-state index is 3.57. The number of benzene rings is 1. The third-order valence-corrected chi connectivity index (χ3v) is 3.27. The van der Waals surface area contributed by atoms with Crippen molar-refractivity contribution >= 4 is 0 Å². The molecule has 0 aliphatic carbocycles. The summed E-state index contributed by atoms with van der Waals surface area (Å²) in [5.74, 6) is 0. The fraction of sp³-hybridized carbons (Fsp3) is 0.571. The maximum Gasteiger partial charge on any atom is 0.0320 e. The minimum Gasteiger partial charge on any atom is -0.310 e. The first-order valence-corrected chi connectivity index (χ1v) is 6.20. The smallest absolute Gasteiger partial charge is 0.0320 e. The zero-order valence-electron chi connectivity index (χ0n) is 10.6. The highest BCUT2D eigenvalue weighted by molar-refractivity contribution is 5.36. The summed E-state index contributed by atoms with van der Waals surface area (Å²) >= 11 is 0. The van der Waals surface area contributed by atoms with E-state index in [-0.39, 0.29) is 0 Å². The molecule has 1 aromatic carbocycles. The summed E-state index contributed by atoms with van der Waals surface area (Å²) in [7, 11) is 4.24. The van der Waals surface area contributed by atoms with Gasteiger partial charge >= 0.3 is 0 Å². The number of fused-ring (bicyclic) bond motifs is 1. The Bertz CT molecular complexity index is 358. The number of nitrogens with one attached hydrogen (secondary N) is 1. The van der Waals surface area contributed by atoms with E-state index >= 15 is 0 Å². The molecule has 0 saturated carbocycles. The minimum atomic E-state index is 0.567. The van der Waals surface area contributed by atoms with E-state index in [1.807, 2.05) is 0 Å². The van der Waals surface area contributed by atoms with E-state index < -0.39 is 0 Å². The van der Waals surface area contributed by atoms with Gasteiger partial charge in [-0.25, -0.2) is 0 Å². The second-order valence-corrected chi connectivity index (χ2v) is 4.94. The van der Waals surface area contributed by atoms with Crippen molar-refractivity contribution in [3.8, 4) is 0 Å². The van der Waals surface area contributed by atoms with E-state index in [0.29, 0.717) is 6.04 Å². The third-order valence-electron chi connectivity index (χ3n) is 3.27. The van der Waals surface area contributed by atoms with Gasteiger partial charge in [-0.05, 0) is 50.2 Å². The van der Waals surface area contributed by atoms with E-state index in [0.717, 1.165) is 13.1 Å². The van der Waals surface area contributed by atoms with Gasteiger partial charge in [-0.1, -0.05) is 25.1 Å². The number of hydrogen-bond acceptors (Lipinski definition) is 2. The predicted octanol–water partition coefficient (Wildman–Crippen LogP) is 2.35. The van der Waals surface area contributed by atoms with Gasteiger partial charge in [0.1, 0.15) is 0 Å². The molecule has 88 valence electrons. The highest BCUT2D eigenvalue weighted by atomic mass is 15.0. The highest BCUT2D eigenvalue weighted by Crippen LogP contribution is 2.26. The topological polar surface area (TPSA) is 15.3 Å². The van der Waals surface area contributed by atoms with Crippen LogP contribution in [0, 0.1) is 0 Å². The van der Waals surface area contributed by atoms with Crippen LogP contribution in [0.3, 0.4) is 0 Å². The molecule has 0 saturated heterocycles. The fourth-order valence-electron chi connectivity index (χ4n) is 2.53. The van der Waals surface area contributed by atoms with Gasteiger partial charge in [0.15, 0.2) is 0 Å². The molecule has 0 radical (unpaired) electrons. The Morgan fingerprint density at radius 3 is 2.88 bits per heavy atom. The van der Waals surface area contributed by atoms with Gasteiger partial charge in [-0.15, -0.1) is 0 Å². The quantitative estimate of drug-likeness (QED) is 0.838. The molecule has 2 heteroatoms. The van der Waals surface area contributed by atoms with Crippen LogP contribution in [0.2, 0.25) is 0 Å². The highest BCUT2D eigenvalue weighted by Gasteiger charge is 2.17. The Morgan fingerprint density at radius 1 is 1.38 bits per heavy atom. The van der Waals surface area contributed by atoms with Gasteiger partial charge in [0.05, 0.1) is 0 Å². The summed E-state index contributed by atoms with van der Waals surface area (Å²) in [6.07, 6.45) is 2.35. The molecule has 1 N–H and O–H groups in total. The van der Waals surface area contributed by atoms with Gasteiger partial charge in [-0.2, -0.15) is 0 Å². The van der Waals surface area contributed by atoms with Crippen molar-refractivity contribution in [1.82, 2.24) is 10.2 Å². The molecule has 1 unspecified atom stereocenters. The van der Waals surface area contributed by atoms with Crippen LogP contribution in [0.4, 0.5) is 0 Å². The molecule has 1 heterocycles. The molecule has 0 amide bonds. The number of nitrogens with zero attached hydrogens (tertiary/aromatic N) is 1. The lowest BCUT2D eigenvalue weighted by molar-refractivity contribution is 0.401. The average molecular weight is 218 g/mol. The molecule has 0 bridgehead atoms. The Kier molecular flexibility index (Phi) is 3.62. The molecule has 16 heavy (non-hydrogen) atoms. The first kappa shape index (κ1) is 11.6. The van der Waals surface area contributed by atoms with E-state index in [1.54, 1.807) is 5.56 Å². The minimum absolute atomic E-state index is 0.567. The standard InChI is InChI=1S/C14H22N2/c1-4-14-13-6-5-11(10-16(2)3)9-12(13)7-8-15-14/h5-6,9,14-15H,4,7-8,10H2,1-3H3. The lowest BCUT2D eigenvalue weighted by Gasteiger charge is -2.26. The second kappa shape index (κ2) is 4.98. The molecule has 0 fully saturated rings. The summed E-state index contributed by atoms with van der Waals surface area (Å²) in [5.41, 5.74) is 4.49. The van der Waals surface area contributed by atoms with Crippen LogP contribution in [0.1, 0.15) is 36.1 Å². The lowest BCUT2D eigenvalue weighted by atomic mass is 9.91. The fourth-order valence-corrected chi connectivity index (χ4v) is 2.53. The zero-order valence-corrected chi connectivity index (χ0v) is 10.6. The van der Waals surface area contributed by atoms with Crippen LogP contribution in [-0.4, -0.2) is 25.5 Å². The molecule has 1 atom stereocenters. The van der Waals surface area contributed by atoms with Crippen molar-refractivity contribution < 1.29 is 0 Å². The molecular weight excluding hydrogens is 196 g/mol. The van der Waals surface area contributed by atoms with Crippen LogP contribution < -0.4 is 5.32 Å². The van der Waals surface area contributed by atoms with E-state index in [1.165, 1.54) is 24.0 Å². The van der Waals surface area contributed by atoms with Crippen molar-refractivity contribution in [3.63, 3.8) is 0 Å². The average Bonchev–Trinajstić information content (AvgIpc) is 2.27. The first-order valence-electron chi connectivity index (χ1n) is 6.20. The zero-order chi connectivity index (χ0) is 11.5. The van der Waals surface area contributed by atoms with Crippen molar-refractivity contribution in [2.45, 2.75) is 32.4 Å². The van der Waals surface area contributed by atoms with Gasteiger partial charge in [0.2, 0.25) is 0 Å². The van der Waals surface area contributed by atoms with E-state index in [2.05, 4.69) is 49.4 Å². The molecule has 2 nitrogen and oxygen atoms in total. The normalized spacial score (nSPS) is 19.9. The summed E-state index contributed by atoms with van der Waals surface area (Å²) in [5, 5.41) is 3.57. The molecular formula is C14H22N2. The number of hydrogen-bond donors (Lipinski definition) is 1. The first-order chi connectivity index (χ1) is 7.70. The monoisotopic (exact) mass is 218 g/mol. The Morgan fingerprint density at radius 2 is 2.19 bits per heavy atom. The molecule has 1 aliphatic rings. The largest absolute Gasteiger partial charge is 0.310 e. The van der Waals surface area contributed by atoms with Crippen LogP contribution in [0.25, 0.3) is 0 Å². The molecule has 0 spiro atoms. The summed E-state index contributed by atoms with van der Waals surface area (Å²) in [6, 6.07) is 7.54. The molecule has 2 rings (SSSR count). The van der Waals surface area contributed by atoms with Gasteiger partial charge in [0, 0.05) is 12.6 Å². The van der Waals surface area contributed by atoms with Crippen molar-refractivity contribution in [2.75, 3.05) is 20.6 Å². The van der Waals surface area contributed by atoms with Crippen molar-refractivity contribution in [2.24, 2.45) is 0 Å². The summed E-state index contributed by atoms with van der Waals surface area (Å²) in [6.45, 7) is 4.41.